The molecule has 21 heavy (non-hydrogen) atoms. The van der Waals surface area contributed by atoms with Crippen molar-refractivity contribution in [3.05, 3.63) is 41.4 Å². The molecule has 0 saturated carbocycles. The van der Waals surface area contributed by atoms with Crippen LogP contribution in [0.1, 0.15) is 10.5 Å². The predicted molar refractivity (Wildman–Crippen MR) is 78.0 cm³/mol. The summed E-state index contributed by atoms with van der Waals surface area (Å²) in [6.45, 7) is 0. The maximum atomic E-state index is 11.6. The highest BCUT2D eigenvalue weighted by Crippen LogP contribution is 2.24. The molecule has 0 unspecified atom stereocenters. The zero-order valence-electron chi connectivity index (χ0n) is 11.4. The maximum Gasteiger partial charge on any atom is 0.356 e. The van der Waals surface area contributed by atoms with Crippen LogP contribution in [0, 0.1) is 0 Å². The number of aryl methyl sites for hydroxylation is 1. The molecule has 8 heteroatoms. The van der Waals surface area contributed by atoms with Gasteiger partial charge in [0.1, 0.15) is 5.69 Å². The molecule has 0 radical (unpaired) electrons. The predicted octanol–water partition coefficient (Wildman–Crippen LogP) is 2.25. The van der Waals surface area contributed by atoms with Gasteiger partial charge in [0.15, 0.2) is 11.5 Å². The highest BCUT2D eigenvalue weighted by atomic mass is 35.5. The lowest BCUT2D eigenvalue weighted by Crippen LogP contribution is -2.07. The van der Waals surface area contributed by atoms with Gasteiger partial charge in [0.05, 0.1) is 17.8 Å². The number of hydrogen-bond donors (Lipinski definition) is 1. The molecule has 108 valence electrons. The van der Waals surface area contributed by atoms with Crippen LogP contribution in [0.15, 0.2) is 30.7 Å². The van der Waals surface area contributed by atoms with Crippen LogP contribution >= 0.6 is 11.6 Å². The fourth-order valence-corrected chi connectivity index (χ4v) is 2.27. The molecular formula is C13H12ClN5O2. The monoisotopic (exact) mass is 305 g/mol. The summed E-state index contributed by atoms with van der Waals surface area (Å²) in [5.41, 5.74) is 1.76. The maximum absolute atomic E-state index is 11.6. The Bertz CT molecular complexity index is 823. The molecule has 0 fully saturated rings. The molecule has 0 aromatic carbocycles. The van der Waals surface area contributed by atoms with Crippen molar-refractivity contribution in [2.75, 3.05) is 12.4 Å². The van der Waals surface area contributed by atoms with Crippen molar-refractivity contribution in [3.63, 3.8) is 0 Å². The number of carbonyl (C=O) groups excluding carboxylic acids is 1. The van der Waals surface area contributed by atoms with E-state index in [-0.39, 0.29) is 0 Å². The van der Waals surface area contributed by atoms with E-state index in [1.807, 2.05) is 0 Å². The van der Waals surface area contributed by atoms with Crippen molar-refractivity contribution in [3.8, 4) is 0 Å². The van der Waals surface area contributed by atoms with E-state index in [0.29, 0.717) is 27.9 Å². The lowest BCUT2D eigenvalue weighted by atomic mass is 10.3. The highest BCUT2D eigenvalue weighted by Gasteiger charge is 2.14. The molecule has 3 rings (SSSR count). The van der Waals surface area contributed by atoms with Gasteiger partial charge in [-0.05, 0) is 6.07 Å². The van der Waals surface area contributed by atoms with Gasteiger partial charge in [0.2, 0.25) is 0 Å². The topological polar surface area (TPSA) is 73.4 Å². The Hall–Kier alpha value is -2.54. The summed E-state index contributed by atoms with van der Waals surface area (Å²) in [5, 5.41) is 7.89. The fourth-order valence-electron chi connectivity index (χ4n) is 2.05. The number of carbonyl (C=O) groups is 1. The third-order valence-corrected chi connectivity index (χ3v) is 3.20. The number of fused-ring (bicyclic) bond motifs is 1. The van der Waals surface area contributed by atoms with Crippen LogP contribution in [0.2, 0.25) is 5.02 Å². The Balaban J connectivity index is 1.99. The van der Waals surface area contributed by atoms with Crippen LogP contribution in [0.5, 0.6) is 0 Å². The lowest BCUT2D eigenvalue weighted by molar-refractivity contribution is 0.0588. The van der Waals surface area contributed by atoms with E-state index < -0.39 is 5.97 Å². The van der Waals surface area contributed by atoms with Gasteiger partial charge in [-0.15, -0.1) is 0 Å². The van der Waals surface area contributed by atoms with Gasteiger partial charge < -0.3 is 14.5 Å². The van der Waals surface area contributed by atoms with E-state index >= 15 is 0 Å². The van der Waals surface area contributed by atoms with Crippen molar-refractivity contribution in [2.45, 2.75) is 0 Å². The number of rotatable bonds is 3. The SMILES string of the molecule is COC(=O)c1cc(Nc2cc(Cl)cn3ccnc23)nn1C. The third kappa shape index (κ3) is 2.43. The number of hydrogen-bond acceptors (Lipinski definition) is 5. The van der Waals surface area contributed by atoms with Crippen molar-refractivity contribution in [1.29, 1.82) is 0 Å². The van der Waals surface area contributed by atoms with E-state index in [2.05, 4.69) is 15.4 Å². The van der Waals surface area contributed by atoms with E-state index in [1.54, 1.807) is 42.2 Å². The highest BCUT2D eigenvalue weighted by molar-refractivity contribution is 6.30. The summed E-state index contributed by atoms with van der Waals surface area (Å²) in [7, 11) is 2.99. The number of aromatic nitrogens is 4. The molecule has 3 heterocycles. The Morgan fingerprint density at radius 2 is 2.24 bits per heavy atom. The summed E-state index contributed by atoms with van der Waals surface area (Å²) in [6.07, 6.45) is 5.23. The van der Waals surface area contributed by atoms with Gasteiger partial charge in [-0.2, -0.15) is 5.10 Å². The van der Waals surface area contributed by atoms with Gasteiger partial charge in [-0.25, -0.2) is 9.78 Å². The van der Waals surface area contributed by atoms with Crippen LogP contribution < -0.4 is 5.32 Å². The molecule has 0 spiro atoms. The average molecular weight is 306 g/mol. The fraction of sp³-hybridized carbons (Fsp3) is 0.154. The van der Waals surface area contributed by atoms with E-state index in [9.17, 15) is 4.79 Å². The van der Waals surface area contributed by atoms with Crippen LogP contribution in [-0.4, -0.2) is 32.2 Å². The van der Waals surface area contributed by atoms with Crippen LogP contribution in [0.4, 0.5) is 11.5 Å². The molecule has 3 aromatic rings. The number of nitrogens with one attached hydrogen (secondary N) is 1. The van der Waals surface area contributed by atoms with Crippen molar-refractivity contribution < 1.29 is 9.53 Å². The van der Waals surface area contributed by atoms with E-state index in [0.717, 1.165) is 0 Å². The molecule has 1 N–H and O–H groups in total. The zero-order valence-corrected chi connectivity index (χ0v) is 12.1. The molecule has 0 aliphatic heterocycles. The Kier molecular flexibility index (Phi) is 3.26. The molecule has 0 atom stereocenters. The van der Waals surface area contributed by atoms with Gasteiger partial charge >= 0.3 is 5.97 Å². The quantitative estimate of drug-likeness (QED) is 0.751. The second-order valence-corrected chi connectivity index (χ2v) is 4.82. The first kappa shape index (κ1) is 13.4. The smallest absolute Gasteiger partial charge is 0.356 e. The number of halogens is 1. The average Bonchev–Trinajstić information content (AvgIpc) is 3.04. The van der Waals surface area contributed by atoms with E-state index in [1.165, 1.54) is 11.8 Å². The largest absolute Gasteiger partial charge is 0.464 e. The van der Waals surface area contributed by atoms with Gasteiger partial charge in [-0.3, -0.25) is 4.68 Å². The Labute approximate surface area is 125 Å². The summed E-state index contributed by atoms with van der Waals surface area (Å²) >= 11 is 6.07. The Morgan fingerprint density at radius 1 is 1.43 bits per heavy atom. The summed E-state index contributed by atoms with van der Waals surface area (Å²) in [6, 6.07) is 3.35. The summed E-state index contributed by atoms with van der Waals surface area (Å²) in [4.78, 5) is 15.8. The minimum absolute atomic E-state index is 0.349. The molecule has 0 aliphatic carbocycles. The van der Waals surface area contributed by atoms with Crippen LogP contribution in [0.25, 0.3) is 5.65 Å². The van der Waals surface area contributed by atoms with Gasteiger partial charge in [0, 0.05) is 31.7 Å². The number of imidazole rings is 1. The molecule has 0 amide bonds. The Morgan fingerprint density at radius 3 is 3.00 bits per heavy atom. The standard InChI is InChI=1S/C13H12ClN5O2/c1-18-10(13(20)21-2)6-11(17-18)16-9-5-8(14)7-19-4-3-15-12(9)19/h3-7H,1-2H3,(H,16,17). The zero-order chi connectivity index (χ0) is 15.0. The molecule has 0 aliphatic rings. The number of nitrogens with zero attached hydrogens (tertiary/aromatic N) is 4. The normalized spacial score (nSPS) is 10.8. The molecule has 0 saturated heterocycles. The number of ether oxygens (including phenoxy) is 1. The lowest BCUT2D eigenvalue weighted by Gasteiger charge is -2.05. The molecule has 3 aromatic heterocycles. The second-order valence-electron chi connectivity index (χ2n) is 4.39. The summed E-state index contributed by atoms with van der Waals surface area (Å²) < 4.78 is 7.94. The van der Waals surface area contributed by atoms with Crippen LogP contribution in [0.3, 0.4) is 0 Å². The van der Waals surface area contributed by atoms with Crippen molar-refractivity contribution in [1.82, 2.24) is 19.2 Å². The first-order valence-electron chi connectivity index (χ1n) is 6.10. The summed E-state index contributed by atoms with van der Waals surface area (Å²) in [5.74, 6) is 0.0557. The molecule has 7 nitrogen and oxygen atoms in total. The minimum atomic E-state index is -0.449. The number of esters is 1. The first-order valence-corrected chi connectivity index (χ1v) is 6.48. The molecule has 0 bridgehead atoms. The van der Waals surface area contributed by atoms with Crippen molar-refractivity contribution >= 4 is 34.7 Å². The molecular weight excluding hydrogens is 294 g/mol. The third-order valence-electron chi connectivity index (χ3n) is 2.99. The number of anilines is 2. The van der Waals surface area contributed by atoms with E-state index in [4.69, 9.17) is 16.3 Å². The second kappa shape index (κ2) is 5.10. The van der Waals surface area contributed by atoms with Gasteiger partial charge in [0.25, 0.3) is 0 Å². The first-order chi connectivity index (χ1) is 10.1. The van der Waals surface area contributed by atoms with Gasteiger partial charge in [-0.1, -0.05) is 11.6 Å². The van der Waals surface area contributed by atoms with Crippen molar-refractivity contribution in [2.24, 2.45) is 7.05 Å². The van der Waals surface area contributed by atoms with Crippen LogP contribution in [-0.2, 0) is 11.8 Å². The minimum Gasteiger partial charge on any atom is -0.464 e. The number of pyridine rings is 1. The number of methoxy groups -OCH3 is 1.